The predicted molar refractivity (Wildman–Crippen MR) is 127 cm³/mol. The van der Waals surface area contributed by atoms with Crippen LogP contribution < -0.4 is 5.32 Å². The molecule has 0 atom stereocenters. The van der Waals surface area contributed by atoms with Crippen LogP contribution in [-0.2, 0) is 11.6 Å². The minimum Gasteiger partial charge on any atom is -0.338 e. The molecule has 0 radical (unpaired) electrons. The molecule has 0 bridgehead atoms. The second kappa shape index (κ2) is 9.21. The molecule has 0 spiro atoms. The maximum Gasteiger partial charge on any atom is 0.417 e. The van der Waals surface area contributed by atoms with Gasteiger partial charge in [-0.2, -0.15) is 23.3 Å². The third-order valence-electron chi connectivity index (χ3n) is 5.36. The lowest BCUT2D eigenvalue weighted by molar-refractivity contribution is -0.137. The topological polar surface area (TPSA) is 98.7 Å². The van der Waals surface area contributed by atoms with Gasteiger partial charge in [0.15, 0.2) is 5.82 Å². The van der Waals surface area contributed by atoms with Gasteiger partial charge in [0.2, 0.25) is 11.7 Å². The highest BCUT2D eigenvalue weighted by molar-refractivity contribution is 6.05. The summed E-state index contributed by atoms with van der Waals surface area (Å²) in [6.07, 6.45) is -2.36. The highest BCUT2D eigenvalue weighted by Gasteiger charge is 2.31. The smallest absolute Gasteiger partial charge is 0.338 e. The van der Waals surface area contributed by atoms with Crippen LogP contribution in [0, 0.1) is 0 Å². The number of hydrogen-bond acceptors (Lipinski definition) is 6. The number of amides is 1. The van der Waals surface area contributed by atoms with Gasteiger partial charge in [-0.15, -0.1) is 0 Å². The average Bonchev–Trinajstić information content (AvgIpc) is 3.47. The number of anilines is 1. The van der Waals surface area contributed by atoms with Crippen LogP contribution in [0.3, 0.4) is 0 Å². The van der Waals surface area contributed by atoms with Crippen molar-refractivity contribution < 1.29 is 22.5 Å². The summed E-state index contributed by atoms with van der Waals surface area (Å²) >= 11 is 0. The molecule has 188 valence electrons. The van der Waals surface area contributed by atoms with Crippen molar-refractivity contribution in [2.24, 2.45) is 0 Å². The Morgan fingerprint density at radius 1 is 1.03 bits per heavy atom. The number of pyridine rings is 1. The number of nitrogens with one attached hydrogen (secondary N) is 1. The van der Waals surface area contributed by atoms with Crippen LogP contribution in [0.1, 0.15) is 68.0 Å². The summed E-state index contributed by atoms with van der Waals surface area (Å²) in [6.45, 7) is 9.65. The number of alkyl halides is 3. The molecule has 0 saturated heterocycles. The second-order valence-electron chi connectivity index (χ2n) is 9.62. The third kappa shape index (κ3) is 5.14. The molecule has 1 aromatic carbocycles. The number of hydrogen-bond donors (Lipinski definition) is 1. The predicted octanol–water partition coefficient (Wildman–Crippen LogP) is 6.01. The molecule has 3 heterocycles. The molecule has 0 aliphatic carbocycles. The molecule has 0 saturated carbocycles. The van der Waals surface area contributed by atoms with Crippen LogP contribution in [0.15, 0.2) is 53.3 Å². The summed E-state index contributed by atoms with van der Waals surface area (Å²) in [7, 11) is 0. The molecule has 36 heavy (non-hydrogen) atoms. The summed E-state index contributed by atoms with van der Waals surface area (Å²) in [4.78, 5) is 21.4. The Morgan fingerprint density at radius 3 is 2.25 bits per heavy atom. The van der Waals surface area contributed by atoms with Crippen LogP contribution in [0.4, 0.5) is 18.9 Å². The van der Waals surface area contributed by atoms with E-state index in [2.05, 4.69) is 25.5 Å². The molecule has 11 heteroatoms. The maximum atomic E-state index is 13.1. The lowest BCUT2D eigenvalue weighted by Crippen LogP contribution is -2.16. The number of carbonyl (C=O) groups excluding carboxylic acids is 1. The molecule has 0 unspecified atom stereocenters. The number of carbonyl (C=O) groups is 1. The maximum absolute atomic E-state index is 13.1. The fourth-order valence-electron chi connectivity index (χ4n) is 3.50. The first-order valence-corrected chi connectivity index (χ1v) is 11.2. The van der Waals surface area contributed by atoms with Gasteiger partial charge >= 0.3 is 6.18 Å². The Bertz CT molecular complexity index is 1360. The Labute approximate surface area is 205 Å². The molecule has 0 aliphatic rings. The standard InChI is InChI=1S/C25H25F3N6O2/c1-14(2)20-18(13-30-34(20)19-11-8-16(12-29-19)25(26,27)28)22(35)31-17-9-6-15(7-10-17)21-32-23(36-33-21)24(3,4)5/h6-14H,1-5H3,(H,31,35). The van der Waals surface area contributed by atoms with Gasteiger partial charge in [0.1, 0.15) is 0 Å². The van der Waals surface area contributed by atoms with E-state index in [0.29, 0.717) is 28.7 Å². The van der Waals surface area contributed by atoms with E-state index in [4.69, 9.17) is 4.52 Å². The van der Waals surface area contributed by atoms with E-state index in [1.165, 1.54) is 16.9 Å². The van der Waals surface area contributed by atoms with Gasteiger partial charge in [-0.25, -0.2) is 9.67 Å². The molecule has 4 aromatic rings. The van der Waals surface area contributed by atoms with E-state index in [1.807, 2.05) is 34.6 Å². The summed E-state index contributed by atoms with van der Waals surface area (Å²) in [5, 5.41) is 11.1. The zero-order valence-electron chi connectivity index (χ0n) is 20.4. The number of aromatic nitrogens is 5. The monoisotopic (exact) mass is 498 g/mol. The zero-order chi connectivity index (χ0) is 26.3. The average molecular weight is 499 g/mol. The first-order chi connectivity index (χ1) is 16.8. The van der Waals surface area contributed by atoms with Crippen molar-refractivity contribution in [3.05, 3.63) is 71.5 Å². The first kappa shape index (κ1) is 25.1. The summed E-state index contributed by atoms with van der Waals surface area (Å²) in [5.74, 6) is 0.597. The summed E-state index contributed by atoms with van der Waals surface area (Å²) < 4.78 is 45.4. The van der Waals surface area contributed by atoms with E-state index in [9.17, 15) is 18.0 Å². The molecular weight excluding hydrogens is 473 g/mol. The first-order valence-electron chi connectivity index (χ1n) is 11.2. The van der Waals surface area contributed by atoms with E-state index >= 15 is 0 Å². The van der Waals surface area contributed by atoms with Crippen LogP contribution in [0.2, 0.25) is 0 Å². The van der Waals surface area contributed by atoms with Crippen molar-refractivity contribution in [1.82, 2.24) is 24.9 Å². The van der Waals surface area contributed by atoms with Crippen molar-refractivity contribution in [3.63, 3.8) is 0 Å². The molecule has 1 amide bonds. The molecule has 3 aromatic heterocycles. The zero-order valence-corrected chi connectivity index (χ0v) is 20.4. The normalized spacial score (nSPS) is 12.2. The van der Waals surface area contributed by atoms with Gasteiger partial charge in [0.05, 0.1) is 23.0 Å². The van der Waals surface area contributed by atoms with Gasteiger partial charge in [-0.1, -0.05) is 39.8 Å². The Balaban J connectivity index is 1.55. The molecule has 8 nitrogen and oxygen atoms in total. The Morgan fingerprint density at radius 2 is 1.72 bits per heavy atom. The van der Waals surface area contributed by atoms with Gasteiger partial charge in [0.25, 0.3) is 5.91 Å². The molecular formula is C25H25F3N6O2. The Hall–Kier alpha value is -4.02. The van der Waals surface area contributed by atoms with Crippen LogP contribution in [0.5, 0.6) is 0 Å². The number of rotatable bonds is 5. The largest absolute Gasteiger partial charge is 0.417 e. The van der Waals surface area contributed by atoms with E-state index in [-0.39, 0.29) is 17.2 Å². The molecule has 1 N–H and O–H groups in total. The van der Waals surface area contributed by atoms with Crippen molar-refractivity contribution in [2.75, 3.05) is 5.32 Å². The van der Waals surface area contributed by atoms with Gasteiger partial charge in [-0.3, -0.25) is 4.79 Å². The highest BCUT2D eigenvalue weighted by atomic mass is 19.4. The lowest BCUT2D eigenvalue weighted by atomic mass is 9.97. The fraction of sp³-hybridized carbons (Fsp3) is 0.320. The molecule has 0 aliphatic heterocycles. The lowest BCUT2D eigenvalue weighted by Gasteiger charge is -2.13. The van der Waals surface area contributed by atoms with Gasteiger partial charge in [0, 0.05) is 22.9 Å². The SMILES string of the molecule is CC(C)c1c(C(=O)Nc2ccc(-c3noc(C(C)(C)C)n3)cc2)cnn1-c1ccc(C(F)(F)F)cn1. The van der Waals surface area contributed by atoms with Gasteiger partial charge in [-0.05, 0) is 42.3 Å². The third-order valence-corrected chi connectivity index (χ3v) is 5.36. The minimum absolute atomic E-state index is 0.157. The summed E-state index contributed by atoms with van der Waals surface area (Å²) in [6, 6.07) is 9.14. The van der Waals surface area contributed by atoms with Crippen LogP contribution >= 0.6 is 0 Å². The molecule has 0 fully saturated rings. The highest BCUT2D eigenvalue weighted by Crippen LogP contribution is 2.30. The minimum atomic E-state index is -4.49. The fourth-order valence-corrected chi connectivity index (χ4v) is 3.50. The van der Waals surface area contributed by atoms with Crippen molar-refractivity contribution in [2.45, 2.75) is 52.1 Å². The van der Waals surface area contributed by atoms with Crippen molar-refractivity contribution in [3.8, 4) is 17.2 Å². The van der Waals surface area contributed by atoms with Crippen LogP contribution in [-0.4, -0.2) is 30.8 Å². The van der Waals surface area contributed by atoms with Crippen LogP contribution in [0.25, 0.3) is 17.2 Å². The number of halogens is 3. The van der Waals surface area contributed by atoms with E-state index < -0.39 is 17.6 Å². The quantitative estimate of drug-likeness (QED) is 0.362. The second-order valence-corrected chi connectivity index (χ2v) is 9.62. The van der Waals surface area contributed by atoms with E-state index in [1.54, 1.807) is 24.3 Å². The van der Waals surface area contributed by atoms with E-state index in [0.717, 1.165) is 17.8 Å². The van der Waals surface area contributed by atoms with Gasteiger partial charge < -0.3 is 9.84 Å². The summed E-state index contributed by atoms with van der Waals surface area (Å²) in [5.41, 5.74) is 0.964. The van der Waals surface area contributed by atoms with Crippen molar-refractivity contribution in [1.29, 1.82) is 0 Å². The molecule has 4 rings (SSSR count). The number of benzene rings is 1. The Kier molecular flexibility index (Phi) is 6.42. The van der Waals surface area contributed by atoms with Crippen molar-refractivity contribution >= 4 is 11.6 Å². The number of nitrogens with zero attached hydrogens (tertiary/aromatic N) is 5.